The maximum Gasteiger partial charge on any atom is 0.266 e. The van der Waals surface area contributed by atoms with Crippen LogP contribution in [0.5, 0.6) is 5.75 Å². The molecule has 0 aliphatic carbocycles. The van der Waals surface area contributed by atoms with E-state index < -0.39 is 23.8 Å². The van der Waals surface area contributed by atoms with Gasteiger partial charge in [-0.1, -0.05) is 36.4 Å². The Hall–Kier alpha value is -4.14. The van der Waals surface area contributed by atoms with Crippen molar-refractivity contribution in [2.45, 2.75) is 32.7 Å². The van der Waals surface area contributed by atoms with Crippen LogP contribution in [0.1, 0.15) is 41.9 Å². The molecule has 1 aromatic heterocycles. The Balaban J connectivity index is 1.72. The number of fused-ring (bicyclic) bond motifs is 1. The van der Waals surface area contributed by atoms with Gasteiger partial charge in [0.1, 0.15) is 23.2 Å². The number of amides is 1. The fourth-order valence-electron chi connectivity index (χ4n) is 4.28. The first-order valence-electron chi connectivity index (χ1n) is 12.1. The maximum atomic E-state index is 14.8. The molecule has 0 aliphatic heterocycles. The highest BCUT2D eigenvalue weighted by molar-refractivity contribution is 5.93. The van der Waals surface area contributed by atoms with Crippen molar-refractivity contribution in [3.63, 3.8) is 0 Å². The number of halogens is 3. The van der Waals surface area contributed by atoms with Crippen molar-refractivity contribution in [3.8, 4) is 16.9 Å². The molecule has 198 valence electrons. The highest BCUT2D eigenvalue weighted by Gasteiger charge is 2.20. The number of carbonyl (C=O) groups is 1. The number of carbonyl (C=O) groups excluding carboxylic acids is 1. The highest BCUT2D eigenvalue weighted by Crippen LogP contribution is 2.34. The third-order valence-electron chi connectivity index (χ3n) is 6.38. The van der Waals surface area contributed by atoms with Gasteiger partial charge in [0.15, 0.2) is 0 Å². The minimum Gasteiger partial charge on any atom is -0.496 e. The summed E-state index contributed by atoms with van der Waals surface area (Å²) in [6.45, 7) is 3.44. The number of hydrogen-bond donors (Lipinski definition) is 1. The summed E-state index contributed by atoms with van der Waals surface area (Å²) in [5, 5.41) is 3.88. The molecule has 0 saturated heterocycles. The highest BCUT2D eigenvalue weighted by atomic mass is 19.3. The summed E-state index contributed by atoms with van der Waals surface area (Å²) < 4.78 is 46.8. The monoisotopic (exact) mass is 522 g/mol. The fraction of sp³-hybridized carbons (Fsp3) is 0.276. The normalized spacial score (nSPS) is 12.0. The van der Waals surface area contributed by atoms with E-state index in [2.05, 4.69) is 15.3 Å². The number of benzene rings is 3. The summed E-state index contributed by atoms with van der Waals surface area (Å²) in [4.78, 5) is 22.8. The van der Waals surface area contributed by atoms with Gasteiger partial charge < -0.3 is 15.0 Å². The number of hydrogen-bond acceptors (Lipinski definition) is 5. The lowest BCUT2D eigenvalue weighted by Crippen LogP contribution is -2.23. The molecule has 0 fully saturated rings. The average Bonchev–Trinajstić information content (AvgIpc) is 2.88. The van der Waals surface area contributed by atoms with Gasteiger partial charge >= 0.3 is 0 Å². The molecule has 1 amide bonds. The van der Waals surface area contributed by atoms with E-state index in [1.807, 2.05) is 36.4 Å². The van der Waals surface area contributed by atoms with E-state index in [1.165, 1.54) is 17.0 Å². The molecule has 0 unspecified atom stereocenters. The van der Waals surface area contributed by atoms with Crippen molar-refractivity contribution in [2.75, 3.05) is 26.5 Å². The Morgan fingerprint density at radius 3 is 2.39 bits per heavy atom. The molecule has 38 heavy (non-hydrogen) atoms. The van der Waals surface area contributed by atoms with Crippen LogP contribution in [0.15, 0.2) is 54.6 Å². The molecule has 4 aromatic rings. The Morgan fingerprint density at radius 2 is 1.71 bits per heavy atom. The van der Waals surface area contributed by atoms with Gasteiger partial charge in [0.2, 0.25) is 5.91 Å². The van der Waals surface area contributed by atoms with Gasteiger partial charge in [0.05, 0.1) is 30.7 Å². The second-order valence-corrected chi connectivity index (χ2v) is 9.26. The van der Waals surface area contributed by atoms with Gasteiger partial charge in [-0.3, -0.25) is 4.79 Å². The first-order chi connectivity index (χ1) is 18.1. The van der Waals surface area contributed by atoms with Crippen LogP contribution in [0.3, 0.4) is 0 Å². The van der Waals surface area contributed by atoms with Crippen molar-refractivity contribution >= 4 is 22.6 Å². The number of aryl methyl sites for hydroxylation is 1. The SMILES string of the molecule is COc1cc(-c2ccc3nc(C)nc(N[C@H](C)c4cccc(C(F)F)c4F)c3c2)ccc1CC(=O)N(C)C. The van der Waals surface area contributed by atoms with Crippen molar-refractivity contribution in [3.05, 3.63) is 82.9 Å². The molecule has 0 bridgehead atoms. The smallest absolute Gasteiger partial charge is 0.266 e. The van der Waals surface area contributed by atoms with Gasteiger partial charge in [-0.25, -0.2) is 23.1 Å². The molecule has 1 heterocycles. The largest absolute Gasteiger partial charge is 0.496 e. The van der Waals surface area contributed by atoms with Gasteiger partial charge in [-0.15, -0.1) is 0 Å². The molecule has 1 N–H and O–H groups in total. The molecule has 0 aliphatic rings. The number of anilines is 1. The van der Waals surface area contributed by atoms with E-state index >= 15 is 0 Å². The molecule has 0 radical (unpaired) electrons. The Labute approximate surface area is 219 Å². The number of rotatable bonds is 8. The van der Waals surface area contributed by atoms with Gasteiger partial charge in [0, 0.05) is 30.6 Å². The first-order valence-corrected chi connectivity index (χ1v) is 12.1. The van der Waals surface area contributed by atoms with Crippen molar-refractivity contribution in [2.24, 2.45) is 0 Å². The van der Waals surface area contributed by atoms with Crippen molar-refractivity contribution in [1.29, 1.82) is 0 Å². The summed E-state index contributed by atoms with van der Waals surface area (Å²) in [6, 6.07) is 14.7. The Bertz CT molecular complexity index is 1490. The minimum atomic E-state index is -2.91. The van der Waals surface area contributed by atoms with E-state index in [1.54, 1.807) is 35.1 Å². The average molecular weight is 523 g/mol. The third kappa shape index (κ3) is 5.56. The lowest BCUT2D eigenvalue weighted by Gasteiger charge is -2.19. The van der Waals surface area contributed by atoms with Crippen LogP contribution in [0.2, 0.25) is 0 Å². The molecule has 4 rings (SSSR count). The van der Waals surface area contributed by atoms with Crippen LogP contribution < -0.4 is 10.1 Å². The maximum absolute atomic E-state index is 14.8. The number of nitrogens with one attached hydrogen (secondary N) is 1. The molecular formula is C29H29F3N4O2. The summed E-state index contributed by atoms with van der Waals surface area (Å²) in [5.41, 5.74) is 2.66. The molecule has 0 spiro atoms. The van der Waals surface area contributed by atoms with E-state index in [-0.39, 0.29) is 17.9 Å². The van der Waals surface area contributed by atoms with Gasteiger partial charge in [0.25, 0.3) is 6.43 Å². The zero-order valence-electron chi connectivity index (χ0n) is 21.8. The van der Waals surface area contributed by atoms with Gasteiger partial charge in [-0.05, 0) is 43.2 Å². The summed E-state index contributed by atoms with van der Waals surface area (Å²) in [5.74, 6) is 0.606. The summed E-state index contributed by atoms with van der Waals surface area (Å²) in [7, 11) is 4.97. The molecule has 6 nitrogen and oxygen atoms in total. The predicted molar refractivity (Wildman–Crippen MR) is 142 cm³/mol. The second kappa shape index (κ2) is 11.1. The van der Waals surface area contributed by atoms with E-state index in [4.69, 9.17) is 4.74 Å². The molecule has 0 saturated carbocycles. The van der Waals surface area contributed by atoms with Crippen LogP contribution in [0, 0.1) is 12.7 Å². The molecule has 3 aromatic carbocycles. The standard InChI is InChI=1S/C29H29F3N4O2/c1-16(21-7-6-8-22(27(21)30)28(31)32)33-29-23-13-18(11-12-24(23)34-17(2)35-29)19-9-10-20(25(14-19)38-5)15-26(37)36(3)4/h6-14,16,28H,15H2,1-5H3,(H,33,34,35)/t16-/m1/s1. The third-order valence-corrected chi connectivity index (χ3v) is 6.38. The second-order valence-electron chi connectivity index (χ2n) is 9.26. The molecule has 9 heteroatoms. The zero-order valence-corrected chi connectivity index (χ0v) is 21.8. The molecule has 1 atom stereocenters. The van der Waals surface area contributed by atoms with Crippen LogP contribution in [-0.4, -0.2) is 42.0 Å². The quantitative estimate of drug-likeness (QED) is 0.286. The summed E-state index contributed by atoms with van der Waals surface area (Å²) in [6.07, 6.45) is -2.69. The lowest BCUT2D eigenvalue weighted by atomic mass is 9.99. The van der Waals surface area contributed by atoms with Crippen LogP contribution in [0.25, 0.3) is 22.0 Å². The van der Waals surface area contributed by atoms with E-state index in [0.717, 1.165) is 22.8 Å². The fourth-order valence-corrected chi connectivity index (χ4v) is 4.28. The molecular weight excluding hydrogens is 493 g/mol. The zero-order chi connectivity index (χ0) is 27.6. The van der Waals surface area contributed by atoms with Crippen LogP contribution in [0.4, 0.5) is 19.0 Å². The van der Waals surface area contributed by atoms with Crippen molar-refractivity contribution < 1.29 is 22.7 Å². The predicted octanol–water partition coefficient (Wildman–Crippen LogP) is 6.49. The number of aromatic nitrogens is 2. The van der Waals surface area contributed by atoms with E-state index in [9.17, 15) is 18.0 Å². The Kier molecular flexibility index (Phi) is 7.85. The lowest BCUT2D eigenvalue weighted by molar-refractivity contribution is -0.127. The number of methoxy groups -OCH3 is 1. The number of alkyl halides is 2. The summed E-state index contributed by atoms with van der Waals surface area (Å²) >= 11 is 0. The topological polar surface area (TPSA) is 67.4 Å². The van der Waals surface area contributed by atoms with E-state index in [0.29, 0.717) is 28.3 Å². The van der Waals surface area contributed by atoms with Crippen molar-refractivity contribution in [1.82, 2.24) is 14.9 Å². The number of ether oxygens (including phenoxy) is 1. The van der Waals surface area contributed by atoms with Crippen LogP contribution in [-0.2, 0) is 11.2 Å². The Morgan fingerprint density at radius 1 is 1.03 bits per heavy atom. The number of likely N-dealkylation sites (N-methyl/N-ethyl adjacent to an activating group) is 1. The first kappa shape index (κ1) is 26.9. The number of nitrogens with zero attached hydrogens (tertiary/aromatic N) is 3. The van der Waals surface area contributed by atoms with Crippen LogP contribution >= 0.6 is 0 Å². The van der Waals surface area contributed by atoms with Gasteiger partial charge in [-0.2, -0.15) is 0 Å². The minimum absolute atomic E-state index is 0.0327.